The number of carbonyl (C=O) groups is 1. The molecule has 0 N–H and O–H groups in total. The number of hydrogen-bond donors (Lipinski definition) is 0. The van der Waals surface area contributed by atoms with Gasteiger partial charge in [-0.2, -0.15) is 0 Å². The van der Waals surface area contributed by atoms with E-state index in [1.165, 1.54) is 0 Å². The van der Waals surface area contributed by atoms with Gasteiger partial charge in [0.05, 0.1) is 18.2 Å². The summed E-state index contributed by atoms with van der Waals surface area (Å²) < 4.78 is 5.78. The summed E-state index contributed by atoms with van der Waals surface area (Å²) in [5, 5.41) is 0. The number of ether oxygens (including phenoxy) is 1. The van der Waals surface area contributed by atoms with Crippen LogP contribution in [0.15, 0.2) is 30.6 Å². The lowest BCUT2D eigenvalue weighted by molar-refractivity contribution is -0.136. The van der Waals surface area contributed by atoms with Crippen LogP contribution in [-0.4, -0.2) is 65.7 Å². The molecule has 0 unspecified atom stereocenters. The average Bonchev–Trinajstić information content (AvgIpc) is 2.80. The van der Waals surface area contributed by atoms with Gasteiger partial charge in [-0.15, -0.1) is 0 Å². The minimum absolute atomic E-state index is 0.0873. The lowest BCUT2D eigenvalue weighted by atomic mass is 9.93. The summed E-state index contributed by atoms with van der Waals surface area (Å²) in [5.41, 5.74) is 1.96. The van der Waals surface area contributed by atoms with Crippen molar-refractivity contribution in [3.63, 3.8) is 0 Å². The molecule has 2 atom stereocenters. The summed E-state index contributed by atoms with van der Waals surface area (Å²) in [4.78, 5) is 30.6. The Morgan fingerprint density at radius 3 is 2.73 bits per heavy atom. The van der Waals surface area contributed by atoms with E-state index in [-0.39, 0.29) is 17.9 Å². The van der Waals surface area contributed by atoms with Gasteiger partial charge in [-0.25, -0.2) is 9.97 Å². The van der Waals surface area contributed by atoms with E-state index in [0.29, 0.717) is 18.8 Å². The number of piperidine rings is 1. The molecule has 2 saturated heterocycles. The lowest BCUT2D eigenvalue weighted by Crippen LogP contribution is -2.41. The number of aromatic nitrogens is 3. The first-order valence-corrected chi connectivity index (χ1v) is 11.0. The van der Waals surface area contributed by atoms with Crippen LogP contribution in [0.5, 0.6) is 0 Å². The number of pyridine rings is 1. The second kappa shape index (κ2) is 9.51. The Morgan fingerprint density at radius 1 is 1.17 bits per heavy atom. The zero-order chi connectivity index (χ0) is 20.9. The van der Waals surface area contributed by atoms with Crippen molar-refractivity contribution in [3.05, 3.63) is 36.3 Å². The van der Waals surface area contributed by atoms with Crippen LogP contribution in [-0.2, 0) is 9.53 Å². The first kappa shape index (κ1) is 20.7. The van der Waals surface area contributed by atoms with Gasteiger partial charge >= 0.3 is 0 Å². The minimum atomic E-state index is 0.0873. The Labute approximate surface area is 178 Å². The molecule has 1 amide bonds. The van der Waals surface area contributed by atoms with E-state index < -0.39 is 0 Å². The van der Waals surface area contributed by atoms with Gasteiger partial charge < -0.3 is 14.5 Å². The van der Waals surface area contributed by atoms with E-state index in [1.54, 1.807) is 12.4 Å². The highest BCUT2D eigenvalue weighted by Gasteiger charge is 2.28. The summed E-state index contributed by atoms with van der Waals surface area (Å²) in [5.74, 6) is 2.02. The summed E-state index contributed by atoms with van der Waals surface area (Å²) >= 11 is 0. The molecule has 4 rings (SSSR count). The van der Waals surface area contributed by atoms with Crippen molar-refractivity contribution >= 4 is 11.7 Å². The number of likely N-dealkylation sites (tertiary alicyclic amines) is 1. The van der Waals surface area contributed by atoms with E-state index in [1.807, 2.05) is 36.0 Å². The van der Waals surface area contributed by atoms with Gasteiger partial charge in [-0.05, 0) is 44.2 Å². The fraction of sp³-hybridized carbons (Fsp3) is 0.565. The standard InChI is InChI=1S/C23H31N5O2/c1-27(2)21-15-20(25-23(26-21)17-8-10-24-11-9-17)18-6-5-12-28(16-18)22(29)14-19-7-3-4-13-30-19/h8-11,15,18-19H,3-7,12-14,16H2,1-2H3/t18-,19+/m1/s1. The van der Waals surface area contributed by atoms with Crippen LogP contribution in [0, 0.1) is 0 Å². The Balaban J connectivity index is 1.52. The Bertz CT molecular complexity index is 852. The van der Waals surface area contributed by atoms with Crippen molar-refractivity contribution in [2.24, 2.45) is 0 Å². The highest BCUT2D eigenvalue weighted by molar-refractivity contribution is 5.77. The summed E-state index contributed by atoms with van der Waals surface area (Å²) in [6.45, 7) is 2.32. The molecule has 0 aliphatic carbocycles. The van der Waals surface area contributed by atoms with Crippen LogP contribution in [0.2, 0.25) is 0 Å². The maximum absolute atomic E-state index is 12.9. The van der Waals surface area contributed by atoms with Crippen molar-refractivity contribution in [1.82, 2.24) is 19.9 Å². The van der Waals surface area contributed by atoms with E-state index in [0.717, 1.165) is 62.3 Å². The summed E-state index contributed by atoms with van der Waals surface area (Å²) in [6, 6.07) is 5.92. The zero-order valence-electron chi connectivity index (χ0n) is 18.0. The first-order chi connectivity index (χ1) is 14.6. The fourth-order valence-corrected chi connectivity index (χ4v) is 4.26. The Hall–Kier alpha value is -2.54. The SMILES string of the molecule is CN(C)c1cc([C@@H]2CCCN(C(=O)C[C@@H]3CCCCO3)C2)nc(-c2ccncc2)n1. The number of carbonyl (C=O) groups excluding carboxylic acids is 1. The normalized spacial score (nSPS) is 22.0. The van der Waals surface area contributed by atoms with Crippen LogP contribution in [0.1, 0.15) is 50.1 Å². The second-order valence-electron chi connectivity index (χ2n) is 8.48. The molecule has 160 valence electrons. The number of amides is 1. The smallest absolute Gasteiger partial charge is 0.225 e. The number of rotatable bonds is 5. The molecule has 2 aliphatic heterocycles. The van der Waals surface area contributed by atoms with Crippen molar-refractivity contribution in [1.29, 1.82) is 0 Å². The highest BCUT2D eigenvalue weighted by Crippen LogP contribution is 2.30. The molecule has 2 fully saturated rings. The fourth-order valence-electron chi connectivity index (χ4n) is 4.26. The van der Waals surface area contributed by atoms with E-state index >= 15 is 0 Å². The molecule has 2 aromatic rings. The number of hydrogen-bond acceptors (Lipinski definition) is 6. The van der Waals surface area contributed by atoms with Gasteiger partial charge in [0.25, 0.3) is 0 Å². The molecule has 30 heavy (non-hydrogen) atoms. The third-order valence-electron chi connectivity index (χ3n) is 6.00. The molecular weight excluding hydrogens is 378 g/mol. The highest BCUT2D eigenvalue weighted by atomic mass is 16.5. The van der Waals surface area contributed by atoms with E-state index in [4.69, 9.17) is 14.7 Å². The van der Waals surface area contributed by atoms with E-state index in [2.05, 4.69) is 11.1 Å². The van der Waals surface area contributed by atoms with Gasteiger partial charge in [0.15, 0.2) is 5.82 Å². The first-order valence-electron chi connectivity index (χ1n) is 11.0. The van der Waals surface area contributed by atoms with Gasteiger partial charge in [0, 0.05) is 63.7 Å². The molecule has 0 spiro atoms. The topological polar surface area (TPSA) is 71.5 Å². The molecule has 0 radical (unpaired) electrons. The van der Waals surface area contributed by atoms with Crippen molar-refractivity contribution < 1.29 is 9.53 Å². The molecule has 7 heteroatoms. The Morgan fingerprint density at radius 2 is 2.00 bits per heavy atom. The molecule has 0 aromatic carbocycles. The predicted octanol–water partition coefficient (Wildman–Crippen LogP) is 3.27. The van der Waals surface area contributed by atoms with Crippen LogP contribution in [0.4, 0.5) is 5.82 Å². The molecule has 0 bridgehead atoms. The van der Waals surface area contributed by atoms with Gasteiger partial charge in [-0.1, -0.05) is 0 Å². The van der Waals surface area contributed by atoms with Crippen molar-refractivity contribution in [2.45, 2.75) is 50.5 Å². The van der Waals surface area contributed by atoms with Crippen molar-refractivity contribution in [3.8, 4) is 11.4 Å². The zero-order valence-corrected chi connectivity index (χ0v) is 18.0. The van der Waals surface area contributed by atoms with Gasteiger partial charge in [-0.3, -0.25) is 9.78 Å². The van der Waals surface area contributed by atoms with Crippen LogP contribution < -0.4 is 4.90 Å². The molecule has 0 saturated carbocycles. The number of anilines is 1. The predicted molar refractivity (Wildman–Crippen MR) is 116 cm³/mol. The molecule has 4 heterocycles. The van der Waals surface area contributed by atoms with Crippen LogP contribution in [0.25, 0.3) is 11.4 Å². The molecule has 2 aliphatic rings. The maximum Gasteiger partial charge on any atom is 0.225 e. The summed E-state index contributed by atoms with van der Waals surface area (Å²) in [6.07, 6.45) is 9.40. The molecule has 2 aromatic heterocycles. The third-order valence-corrected chi connectivity index (χ3v) is 6.00. The molecule has 7 nitrogen and oxygen atoms in total. The monoisotopic (exact) mass is 409 g/mol. The quantitative estimate of drug-likeness (QED) is 0.755. The van der Waals surface area contributed by atoms with E-state index in [9.17, 15) is 4.79 Å². The van der Waals surface area contributed by atoms with Crippen LogP contribution in [0.3, 0.4) is 0 Å². The average molecular weight is 410 g/mol. The third kappa shape index (κ3) is 4.95. The maximum atomic E-state index is 12.9. The Kier molecular flexibility index (Phi) is 6.57. The van der Waals surface area contributed by atoms with Gasteiger partial charge in [0.1, 0.15) is 5.82 Å². The lowest BCUT2D eigenvalue weighted by Gasteiger charge is -2.34. The minimum Gasteiger partial charge on any atom is -0.378 e. The summed E-state index contributed by atoms with van der Waals surface area (Å²) in [7, 11) is 3.98. The largest absolute Gasteiger partial charge is 0.378 e. The van der Waals surface area contributed by atoms with Gasteiger partial charge in [0.2, 0.25) is 5.91 Å². The molecular formula is C23H31N5O2. The second-order valence-corrected chi connectivity index (χ2v) is 8.48. The van der Waals surface area contributed by atoms with Crippen molar-refractivity contribution in [2.75, 3.05) is 38.7 Å². The number of nitrogens with zero attached hydrogens (tertiary/aromatic N) is 5. The van der Waals surface area contributed by atoms with Crippen LogP contribution >= 0.6 is 0 Å².